The molecule has 0 saturated carbocycles. The molecule has 82 valence electrons. The summed E-state index contributed by atoms with van der Waals surface area (Å²) in [4.78, 5) is 11.0. The predicted octanol–water partition coefficient (Wildman–Crippen LogP) is 3.79. The van der Waals surface area contributed by atoms with Crippen LogP contribution in [-0.4, -0.2) is 6.29 Å². The molecule has 0 bridgehead atoms. The van der Waals surface area contributed by atoms with Crippen molar-refractivity contribution in [1.29, 1.82) is 0 Å². The van der Waals surface area contributed by atoms with E-state index < -0.39 is 0 Å². The standard InChI is InChI=1S/C14H20O/c1-11-6-5-7-12(13(11)10-15)8-9-14(2,3)4/h5-7,10H,8-9H2,1-4H3. The van der Waals surface area contributed by atoms with Crippen LogP contribution < -0.4 is 0 Å². The van der Waals surface area contributed by atoms with Gasteiger partial charge in [0, 0.05) is 5.56 Å². The highest BCUT2D eigenvalue weighted by Gasteiger charge is 2.12. The second-order valence-electron chi connectivity index (χ2n) is 5.33. The summed E-state index contributed by atoms with van der Waals surface area (Å²) < 4.78 is 0. The van der Waals surface area contributed by atoms with E-state index in [9.17, 15) is 4.79 Å². The van der Waals surface area contributed by atoms with E-state index >= 15 is 0 Å². The molecule has 0 spiro atoms. The lowest BCUT2D eigenvalue weighted by molar-refractivity contribution is 0.112. The quantitative estimate of drug-likeness (QED) is 0.685. The van der Waals surface area contributed by atoms with Crippen molar-refractivity contribution in [3.05, 3.63) is 34.9 Å². The number of hydrogen-bond donors (Lipinski definition) is 0. The van der Waals surface area contributed by atoms with Crippen molar-refractivity contribution in [2.24, 2.45) is 5.41 Å². The number of hydrogen-bond acceptors (Lipinski definition) is 1. The number of benzene rings is 1. The molecule has 0 radical (unpaired) electrons. The largest absolute Gasteiger partial charge is 0.298 e. The van der Waals surface area contributed by atoms with Crippen molar-refractivity contribution in [2.75, 3.05) is 0 Å². The Morgan fingerprint density at radius 2 is 1.93 bits per heavy atom. The third kappa shape index (κ3) is 3.50. The summed E-state index contributed by atoms with van der Waals surface area (Å²) in [7, 11) is 0. The van der Waals surface area contributed by atoms with E-state index in [1.165, 1.54) is 5.56 Å². The zero-order valence-corrected chi connectivity index (χ0v) is 10.1. The molecule has 1 aromatic rings. The Morgan fingerprint density at radius 3 is 2.47 bits per heavy atom. The Balaban J connectivity index is 2.85. The van der Waals surface area contributed by atoms with Gasteiger partial charge in [-0.25, -0.2) is 0 Å². The van der Waals surface area contributed by atoms with Crippen LogP contribution in [0.5, 0.6) is 0 Å². The van der Waals surface area contributed by atoms with Crippen molar-refractivity contribution < 1.29 is 4.79 Å². The first kappa shape index (κ1) is 12.0. The normalized spacial score (nSPS) is 11.5. The SMILES string of the molecule is Cc1cccc(CCC(C)(C)C)c1C=O. The van der Waals surface area contributed by atoms with Gasteiger partial charge in [0.1, 0.15) is 0 Å². The summed E-state index contributed by atoms with van der Waals surface area (Å²) in [5, 5.41) is 0. The molecule has 0 aliphatic heterocycles. The molecule has 1 nitrogen and oxygen atoms in total. The summed E-state index contributed by atoms with van der Waals surface area (Å²) in [5.74, 6) is 0. The van der Waals surface area contributed by atoms with Crippen LogP contribution in [0, 0.1) is 12.3 Å². The molecule has 0 aliphatic rings. The highest BCUT2D eigenvalue weighted by molar-refractivity contribution is 5.79. The van der Waals surface area contributed by atoms with Gasteiger partial charge >= 0.3 is 0 Å². The molecule has 0 aliphatic carbocycles. The maximum atomic E-state index is 11.0. The third-order valence-electron chi connectivity index (χ3n) is 2.68. The summed E-state index contributed by atoms with van der Waals surface area (Å²) in [6.07, 6.45) is 3.07. The lowest BCUT2D eigenvalue weighted by Gasteiger charge is -2.18. The van der Waals surface area contributed by atoms with Gasteiger partial charge in [-0.2, -0.15) is 0 Å². The lowest BCUT2D eigenvalue weighted by atomic mass is 9.87. The average molecular weight is 204 g/mol. The zero-order valence-electron chi connectivity index (χ0n) is 10.1. The Labute approximate surface area is 92.5 Å². The first-order valence-corrected chi connectivity index (χ1v) is 5.48. The molecule has 0 fully saturated rings. The van der Waals surface area contributed by atoms with Crippen LogP contribution in [0.15, 0.2) is 18.2 Å². The highest BCUT2D eigenvalue weighted by Crippen LogP contribution is 2.23. The predicted molar refractivity (Wildman–Crippen MR) is 64.3 cm³/mol. The molecule has 15 heavy (non-hydrogen) atoms. The highest BCUT2D eigenvalue weighted by atomic mass is 16.1. The van der Waals surface area contributed by atoms with E-state index in [-0.39, 0.29) is 0 Å². The van der Waals surface area contributed by atoms with Crippen LogP contribution in [-0.2, 0) is 6.42 Å². The molecular formula is C14H20O. The van der Waals surface area contributed by atoms with E-state index in [4.69, 9.17) is 0 Å². The Kier molecular flexibility index (Phi) is 3.67. The summed E-state index contributed by atoms with van der Waals surface area (Å²) in [6.45, 7) is 8.67. The fraction of sp³-hybridized carbons (Fsp3) is 0.500. The van der Waals surface area contributed by atoms with Crippen LogP contribution in [0.3, 0.4) is 0 Å². The molecule has 0 heterocycles. The van der Waals surface area contributed by atoms with Crippen molar-refractivity contribution >= 4 is 6.29 Å². The number of carbonyl (C=O) groups excluding carboxylic acids is 1. The molecule has 0 amide bonds. The molecule has 0 unspecified atom stereocenters. The Morgan fingerprint density at radius 1 is 1.27 bits per heavy atom. The Bertz CT molecular complexity index is 345. The molecule has 0 aromatic heterocycles. The maximum absolute atomic E-state index is 11.0. The molecule has 0 saturated heterocycles. The maximum Gasteiger partial charge on any atom is 0.150 e. The first-order valence-electron chi connectivity index (χ1n) is 5.48. The number of carbonyl (C=O) groups is 1. The van der Waals surface area contributed by atoms with Crippen LogP contribution in [0.2, 0.25) is 0 Å². The van der Waals surface area contributed by atoms with Gasteiger partial charge in [0.05, 0.1) is 0 Å². The van der Waals surface area contributed by atoms with E-state index in [1.807, 2.05) is 19.1 Å². The Hall–Kier alpha value is -1.11. The van der Waals surface area contributed by atoms with E-state index in [2.05, 4.69) is 26.8 Å². The molecule has 1 rings (SSSR count). The van der Waals surface area contributed by atoms with Gasteiger partial charge in [-0.05, 0) is 36.3 Å². The van der Waals surface area contributed by atoms with Gasteiger partial charge in [0.2, 0.25) is 0 Å². The third-order valence-corrected chi connectivity index (χ3v) is 2.68. The minimum absolute atomic E-state index is 0.323. The summed E-state index contributed by atoms with van der Waals surface area (Å²) in [6, 6.07) is 6.08. The zero-order chi connectivity index (χ0) is 11.5. The smallest absolute Gasteiger partial charge is 0.150 e. The van der Waals surface area contributed by atoms with Crippen molar-refractivity contribution in [3.63, 3.8) is 0 Å². The van der Waals surface area contributed by atoms with E-state index in [0.29, 0.717) is 5.41 Å². The topological polar surface area (TPSA) is 17.1 Å². The van der Waals surface area contributed by atoms with Gasteiger partial charge in [-0.3, -0.25) is 4.79 Å². The minimum atomic E-state index is 0.323. The van der Waals surface area contributed by atoms with Crippen molar-refractivity contribution in [3.8, 4) is 0 Å². The number of aldehydes is 1. The minimum Gasteiger partial charge on any atom is -0.298 e. The second kappa shape index (κ2) is 4.61. The molecule has 1 aromatic carbocycles. The fourth-order valence-corrected chi connectivity index (χ4v) is 1.64. The van der Waals surface area contributed by atoms with Crippen molar-refractivity contribution in [1.82, 2.24) is 0 Å². The van der Waals surface area contributed by atoms with Crippen LogP contribution in [0.25, 0.3) is 0 Å². The van der Waals surface area contributed by atoms with Gasteiger partial charge in [0.25, 0.3) is 0 Å². The number of rotatable bonds is 3. The molecule has 0 atom stereocenters. The second-order valence-corrected chi connectivity index (χ2v) is 5.33. The van der Waals surface area contributed by atoms with Crippen LogP contribution in [0.1, 0.15) is 48.7 Å². The molecule has 0 N–H and O–H groups in total. The van der Waals surface area contributed by atoms with Gasteiger partial charge in [-0.15, -0.1) is 0 Å². The monoisotopic (exact) mass is 204 g/mol. The van der Waals surface area contributed by atoms with Crippen LogP contribution in [0.4, 0.5) is 0 Å². The average Bonchev–Trinajstić information content (AvgIpc) is 2.13. The summed E-state index contributed by atoms with van der Waals surface area (Å²) in [5.41, 5.74) is 3.46. The van der Waals surface area contributed by atoms with Crippen molar-refractivity contribution in [2.45, 2.75) is 40.5 Å². The molecular weight excluding hydrogens is 184 g/mol. The number of aryl methyl sites for hydroxylation is 2. The first-order chi connectivity index (χ1) is 6.94. The van der Waals surface area contributed by atoms with E-state index in [0.717, 1.165) is 30.3 Å². The van der Waals surface area contributed by atoms with Gasteiger partial charge < -0.3 is 0 Å². The van der Waals surface area contributed by atoms with E-state index in [1.54, 1.807) is 0 Å². The summed E-state index contributed by atoms with van der Waals surface area (Å²) >= 11 is 0. The van der Waals surface area contributed by atoms with Gasteiger partial charge in [-0.1, -0.05) is 39.0 Å². The van der Waals surface area contributed by atoms with Crippen LogP contribution >= 0.6 is 0 Å². The molecule has 1 heteroatoms. The fourth-order valence-electron chi connectivity index (χ4n) is 1.64. The lowest BCUT2D eigenvalue weighted by Crippen LogP contribution is -2.07. The van der Waals surface area contributed by atoms with Gasteiger partial charge in [0.15, 0.2) is 6.29 Å².